The van der Waals surface area contributed by atoms with E-state index in [1.807, 2.05) is 18.7 Å². The Balaban J connectivity index is 0.00000625. The number of likely N-dealkylation sites (N-methyl/N-ethyl adjacent to an activating group) is 1. The second-order valence-electron chi connectivity index (χ2n) is 6.32. The Morgan fingerprint density at radius 3 is 2.35 bits per heavy atom. The van der Waals surface area contributed by atoms with Crippen LogP contribution in [-0.2, 0) is 31.2 Å². The highest BCUT2D eigenvalue weighted by Crippen LogP contribution is 2.16. The van der Waals surface area contributed by atoms with Crippen LogP contribution in [0.4, 0.5) is 0 Å². The second-order valence-corrected chi connectivity index (χ2v) is 6.32. The summed E-state index contributed by atoms with van der Waals surface area (Å²) in [5, 5.41) is 10.9. The fraction of sp³-hybridized carbons (Fsp3) is 0.611. The third-order valence-corrected chi connectivity index (χ3v) is 3.89. The van der Waals surface area contributed by atoms with E-state index in [0.29, 0.717) is 19.0 Å². The molecule has 2 N–H and O–H groups in total. The first-order valence-electron chi connectivity index (χ1n) is 8.70. The van der Waals surface area contributed by atoms with Crippen LogP contribution in [0, 0.1) is 0 Å². The standard InChI is InChI=1S/C18H32N6O.HI/c1-8-15-14(16(9-2)24(7)22-15)11-20-18(19-10-13(3)4)21-12-17(25)23(5)6;/h3,8-12H2,1-2,4-7H3,(H2,19,20,21);1H. The smallest absolute Gasteiger partial charge is 0.241 e. The van der Waals surface area contributed by atoms with E-state index in [9.17, 15) is 4.79 Å². The zero-order valence-electron chi connectivity index (χ0n) is 16.8. The minimum atomic E-state index is -0.00491. The van der Waals surface area contributed by atoms with Crippen molar-refractivity contribution in [3.63, 3.8) is 0 Å². The van der Waals surface area contributed by atoms with Crippen LogP contribution < -0.4 is 10.6 Å². The van der Waals surface area contributed by atoms with Gasteiger partial charge in [0.1, 0.15) is 0 Å². The highest BCUT2D eigenvalue weighted by atomic mass is 127. The Labute approximate surface area is 174 Å². The van der Waals surface area contributed by atoms with Crippen molar-refractivity contribution in [3.05, 3.63) is 29.1 Å². The van der Waals surface area contributed by atoms with Crippen LogP contribution in [0.5, 0.6) is 0 Å². The maximum Gasteiger partial charge on any atom is 0.241 e. The molecule has 0 saturated carbocycles. The Kier molecular flexibility index (Phi) is 11.2. The van der Waals surface area contributed by atoms with Gasteiger partial charge in [-0.2, -0.15) is 5.10 Å². The van der Waals surface area contributed by atoms with Gasteiger partial charge in [-0.1, -0.05) is 26.0 Å². The number of carbonyl (C=O) groups is 1. The molecule has 0 aromatic carbocycles. The van der Waals surface area contributed by atoms with Crippen LogP contribution in [0.2, 0.25) is 0 Å². The Morgan fingerprint density at radius 2 is 1.85 bits per heavy atom. The molecule has 0 aliphatic rings. The van der Waals surface area contributed by atoms with Crippen molar-refractivity contribution < 1.29 is 4.79 Å². The Morgan fingerprint density at radius 1 is 1.23 bits per heavy atom. The molecule has 1 rings (SSSR count). The molecule has 0 spiro atoms. The number of carbonyl (C=O) groups excluding carboxylic acids is 1. The highest BCUT2D eigenvalue weighted by Gasteiger charge is 2.13. The summed E-state index contributed by atoms with van der Waals surface area (Å²) < 4.78 is 1.94. The van der Waals surface area contributed by atoms with Gasteiger partial charge < -0.3 is 15.5 Å². The van der Waals surface area contributed by atoms with Crippen LogP contribution in [-0.4, -0.2) is 53.7 Å². The molecule has 0 bridgehead atoms. The zero-order chi connectivity index (χ0) is 19.0. The van der Waals surface area contributed by atoms with E-state index >= 15 is 0 Å². The number of aliphatic imine (C=N–C) groups is 1. The lowest BCUT2D eigenvalue weighted by Gasteiger charge is -2.15. The summed E-state index contributed by atoms with van der Waals surface area (Å²) in [7, 11) is 5.44. The van der Waals surface area contributed by atoms with Gasteiger partial charge in [-0.3, -0.25) is 9.48 Å². The molecule has 148 valence electrons. The number of halogens is 1. The maximum atomic E-state index is 11.8. The summed E-state index contributed by atoms with van der Waals surface area (Å²) in [5.41, 5.74) is 4.44. The second kappa shape index (κ2) is 11.9. The van der Waals surface area contributed by atoms with Gasteiger partial charge in [0.25, 0.3) is 0 Å². The number of rotatable bonds is 8. The summed E-state index contributed by atoms with van der Waals surface area (Å²) >= 11 is 0. The average molecular weight is 476 g/mol. The third kappa shape index (κ3) is 7.35. The molecule has 0 saturated heterocycles. The fourth-order valence-corrected chi connectivity index (χ4v) is 2.46. The number of nitrogens with zero attached hydrogens (tertiary/aromatic N) is 4. The van der Waals surface area contributed by atoms with Gasteiger partial charge in [-0.25, -0.2) is 4.99 Å². The zero-order valence-corrected chi connectivity index (χ0v) is 19.2. The SMILES string of the molecule is C=C(C)CNC(=NCc1c(CC)nn(C)c1CC)NCC(=O)N(C)C.I. The molecule has 0 atom stereocenters. The predicted octanol–water partition coefficient (Wildman–Crippen LogP) is 1.86. The molecule has 7 nitrogen and oxygen atoms in total. The van der Waals surface area contributed by atoms with Crippen molar-refractivity contribution in [2.45, 2.75) is 40.2 Å². The monoisotopic (exact) mass is 476 g/mol. The van der Waals surface area contributed by atoms with Crippen molar-refractivity contribution >= 4 is 35.8 Å². The number of hydrogen-bond acceptors (Lipinski definition) is 3. The summed E-state index contributed by atoms with van der Waals surface area (Å²) in [6, 6.07) is 0. The largest absolute Gasteiger partial charge is 0.353 e. The van der Waals surface area contributed by atoms with Crippen LogP contribution in [0.25, 0.3) is 0 Å². The van der Waals surface area contributed by atoms with Gasteiger partial charge >= 0.3 is 0 Å². The molecule has 0 fully saturated rings. The van der Waals surface area contributed by atoms with Crippen molar-refractivity contribution in [1.29, 1.82) is 0 Å². The molecule has 26 heavy (non-hydrogen) atoms. The molecule has 1 heterocycles. The van der Waals surface area contributed by atoms with Gasteiger partial charge in [-0.15, -0.1) is 24.0 Å². The average Bonchev–Trinajstić information content (AvgIpc) is 2.88. The lowest BCUT2D eigenvalue weighted by atomic mass is 10.1. The molecule has 0 unspecified atom stereocenters. The van der Waals surface area contributed by atoms with Crippen LogP contribution in [0.15, 0.2) is 17.1 Å². The van der Waals surface area contributed by atoms with Crippen molar-refractivity contribution in [2.75, 3.05) is 27.2 Å². The molecule has 0 aliphatic heterocycles. The number of guanidine groups is 1. The number of nitrogens with one attached hydrogen (secondary N) is 2. The Bertz CT molecular complexity index is 636. The first kappa shape index (κ1) is 24.4. The van der Waals surface area contributed by atoms with Crippen LogP contribution in [0.3, 0.4) is 0 Å². The minimum absolute atomic E-state index is 0. The van der Waals surface area contributed by atoms with Gasteiger partial charge in [0.05, 0.1) is 18.8 Å². The summed E-state index contributed by atoms with van der Waals surface area (Å²) in [6.07, 6.45) is 1.79. The van der Waals surface area contributed by atoms with E-state index in [-0.39, 0.29) is 36.4 Å². The lowest BCUT2D eigenvalue weighted by molar-refractivity contribution is -0.127. The van der Waals surface area contributed by atoms with E-state index < -0.39 is 0 Å². The molecule has 1 aromatic rings. The van der Waals surface area contributed by atoms with Crippen LogP contribution in [0.1, 0.15) is 37.7 Å². The quantitative estimate of drug-likeness (QED) is 0.260. The van der Waals surface area contributed by atoms with Gasteiger partial charge in [0.2, 0.25) is 5.91 Å². The Hall–Kier alpha value is -1.58. The fourth-order valence-electron chi connectivity index (χ4n) is 2.46. The van der Waals surface area contributed by atoms with Crippen molar-refractivity contribution in [1.82, 2.24) is 25.3 Å². The topological polar surface area (TPSA) is 74.5 Å². The highest BCUT2D eigenvalue weighted by molar-refractivity contribution is 14.0. The summed E-state index contributed by atoms with van der Waals surface area (Å²) in [4.78, 5) is 18.0. The third-order valence-electron chi connectivity index (χ3n) is 3.89. The van der Waals surface area contributed by atoms with E-state index in [0.717, 1.165) is 24.1 Å². The van der Waals surface area contributed by atoms with E-state index in [4.69, 9.17) is 0 Å². The molecule has 0 radical (unpaired) electrons. The lowest BCUT2D eigenvalue weighted by Crippen LogP contribution is -2.43. The van der Waals surface area contributed by atoms with Gasteiger partial charge in [0.15, 0.2) is 5.96 Å². The molecular weight excluding hydrogens is 443 g/mol. The van der Waals surface area contributed by atoms with Gasteiger partial charge in [0, 0.05) is 38.9 Å². The maximum absolute atomic E-state index is 11.8. The molecule has 0 aliphatic carbocycles. The number of aromatic nitrogens is 2. The molecular formula is C18H33IN6O. The minimum Gasteiger partial charge on any atom is -0.353 e. The predicted molar refractivity (Wildman–Crippen MR) is 118 cm³/mol. The summed E-state index contributed by atoms with van der Waals surface area (Å²) in [6.45, 7) is 11.4. The number of amides is 1. The first-order chi connectivity index (χ1) is 11.8. The number of aryl methyl sites for hydroxylation is 2. The van der Waals surface area contributed by atoms with Crippen molar-refractivity contribution in [2.24, 2.45) is 12.0 Å². The first-order valence-corrected chi connectivity index (χ1v) is 8.70. The van der Waals surface area contributed by atoms with E-state index in [2.05, 4.69) is 41.2 Å². The summed E-state index contributed by atoms with van der Waals surface area (Å²) in [5.74, 6) is 0.598. The van der Waals surface area contributed by atoms with E-state index in [1.165, 1.54) is 11.3 Å². The van der Waals surface area contributed by atoms with E-state index in [1.54, 1.807) is 19.0 Å². The molecule has 1 aromatic heterocycles. The number of hydrogen-bond donors (Lipinski definition) is 2. The normalized spacial score (nSPS) is 10.9. The van der Waals surface area contributed by atoms with Gasteiger partial charge in [-0.05, 0) is 19.8 Å². The van der Waals surface area contributed by atoms with Crippen molar-refractivity contribution in [3.8, 4) is 0 Å². The molecule has 1 amide bonds. The van der Waals surface area contributed by atoms with Crippen LogP contribution >= 0.6 is 24.0 Å². The molecule has 8 heteroatoms.